The van der Waals surface area contributed by atoms with Gasteiger partial charge in [0.25, 0.3) is 0 Å². The molecule has 0 unspecified atom stereocenters. The molecule has 5 heteroatoms. The summed E-state index contributed by atoms with van der Waals surface area (Å²) in [4.78, 5) is 14.2. The van der Waals surface area contributed by atoms with E-state index in [1.807, 2.05) is 30.3 Å². The quantitative estimate of drug-likeness (QED) is 0.909. The van der Waals surface area contributed by atoms with Crippen molar-refractivity contribution in [1.29, 1.82) is 0 Å². The Hall–Kier alpha value is -2.27. The number of likely N-dealkylation sites (tertiary alicyclic amines) is 1. The van der Waals surface area contributed by atoms with Crippen LogP contribution < -0.4 is 5.32 Å². The Bertz CT molecular complexity index is 598. The van der Waals surface area contributed by atoms with Crippen molar-refractivity contribution in [2.75, 3.05) is 11.9 Å². The molecule has 1 aromatic carbocycles. The van der Waals surface area contributed by atoms with Gasteiger partial charge in [-0.3, -0.25) is 0 Å². The second kappa shape index (κ2) is 6.66. The molecule has 0 aliphatic carbocycles. The van der Waals surface area contributed by atoms with Gasteiger partial charge in [0.2, 0.25) is 0 Å². The monoisotopic (exact) mass is 300 g/mol. The zero-order chi connectivity index (χ0) is 15.4. The highest BCUT2D eigenvalue weighted by Crippen LogP contribution is 2.28. The first-order valence-corrected chi connectivity index (χ1v) is 7.58. The van der Waals surface area contributed by atoms with Gasteiger partial charge >= 0.3 is 6.03 Å². The summed E-state index contributed by atoms with van der Waals surface area (Å²) in [6, 6.07) is 12.8. The fourth-order valence-corrected chi connectivity index (χ4v) is 2.92. The topological polar surface area (TPSA) is 65.7 Å². The van der Waals surface area contributed by atoms with Crippen LogP contribution in [0.5, 0.6) is 0 Å². The lowest BCUT2D eigenvalue weighted by atomic mass is 10.1. The number of amides is 2. The van der Waals surface area contributed by atoms with Crippen LogP contribution in [0.25, 0.3) is 0 Å². The Morgan fingerprint density at radius 2 is 2.14 bits per heavy atom. The van der Waals surface area contributed by atoms with Gasteiger partial charge in [-0.05, 0) is 37.1 Å². The first-order chi connectivity index (χ1) is 10.7. The molecular weight excluding hydrogens is 280 g/mol. The summed E-state index contributed by atoms with van der Waals surface area (Å²) in [6.45, 7) is 0.716. The normalized spacial score (nSPS) is 19.1. The molecule has 0 saturated carbocycles. The Morgan fingerprint density at radius 1 is 1.32 bits per heavy atom. The molecule has 22 heavy (non-hydrogen) atoms. The number of aliphatic hydroxyl groups is 1. The van der Waals surface area contributed by atoms with Crippen molar-refractivity contribution in [3.8, 4) is 0 Å². The number of para-hydroxylation sites is 1. The van der Waals surface area contributed by atoms with Gasteiger partial charge in [0.05, 0.1) is 6.26 Å². The third-order valence-electron chi connectivity index (χ3n) is 4.03. The molecule has 1 saturated heterocycles. The number of furan rings is 1. The molecule has 2 atom stereocenters. The molecule has 1 aliphatic rings. The first-order valence-electron chi connectivity index (χ1n) is 7.58. The number of anilines is 1. The minimum Gasteiger partial charge on any atom is -0.467 e. The molecule has 2 N–H and O–H groups in total. The Kier molecular flexibility index (Phi) is 4.44. The van der Waals surface area contributed by atoms with Crippen molar-refractivity contribution in [1.82, 2.24) is 4.90 Å². The summed E-state index contributed by atoms with van der Waals surface area (Å²) in [7, 11) is 0. The van der Waals surface area contributed by atoms with Crippen LogP contribution in [0, 0.1) is 0 Å². The summed E-state index contributed by atoms with van der Waals surface area (Å²) in [5.41, 5.74) is 0.782. The minimum atomic E-state index is -0.676. The molecule has 116 valence electrons. The van der Waals surface area contributed by atoms with Gasteiger partial charge in [0.1, 0.15) is 11.9 Å². The lowest BCUT2D eigenvalue weighted by molar-refractivity contribution is 0.110. The molecule has 2 aromatic rings. The molecule has 5 nitrogen and oxygen atoms in total. The molecule has 1 aromatic heterocycles. The second-order valence-corrected chi connectivity index (χ2v) is 5.55. The Balaban J connectivity index is 1.61. The van der Waals surface area contributed by atoms with Gasteiger partial charge in [-0.15, -0.1) is 0 Å². The lowest BCUT2D eigenvalue weighted by Crippen LogP contribution is -2.39. The van der Waals surface area contributed by atoms with E-state index in [1.54, 1.807) is 23.3 Å². The summed E-state index contributed by atoms with van der Waals surface area (Å²) in [5, 5.41) is 13.1. The SMILES string of the molecule is O=C(Nc1ccccc1)N1CCC[C@@H]1C[C@H](O)c1ccco1. The van der Waals surface area contributed by atoms with Crippen LogP contribution in [0.3, 0.4) is 0 Å². The van der Waals surface area contributed by atoms with E-state index < -0.39 is 6.10 Å². The number of aliphatic hydroxyl groups excluding tert-OH is 1. The summed E-state index contributed by atoms with van der Waals surface area (Å²) in [5.74, 6) is 0.551. The predicted molar refractivity (Wildman–Crippen MR) is 83.5 cm³/mol. The van der Waals surface area contributed by atoms with Crippen LogP contribution in [0.15, 0.2) is 53.1 Å². The van der Waals surface area contributed by atoms with Gasteiger partial charge < -0.3 is 19.7 Å². The maximum absolute atomic E-state index is 12.4. The number of benzene rings is 1. The van der Waals surface area contributed by atoms with Crippen molar-refractivity contribution in [3.05, 3.63) is 54.5 Å². The second-order valence-electron chi connectivity index (χ2n) is 5.55. The van der Waals surface area contributed by atoms with Crippen molar-refractivity contribution in [3.63, 3.8) is 0 Å². The van der Waals surface area contributed by atoms with Crippen LogP contribution in [-0.4, -0.2) is 28.6 Å². The van der Waals surface area contributed by atoms with Gasteiger partial charge in [0, 0.05) is 24.7 Å². The van der Waals surface area contributed by atoms with Gasteiger partial charge in [0.15, 0.2) is 0 Å². The van der Waals surface area contributed by atoms with E-state index in [-0.39, 0.29) is 12.1 Å². The summed E-state index contributed by atoms with van der Waals surface area (Å²) < 4.78 is 5.23. The highest BCUT2D eigenvalue weighted by atomic mass is 16.4. The average molecular weight is 300 g/mol. The fraction of sp³-hybridized carbons (Fsp3) is 0.353. The van der Waals surface area contributed by atoms with Crippen LogP contribution in [0.1, 0.15) is 31.1 Å². The van der Waals surface area contributed by atoms with E-state index in [0.29, 0.717) is 18.7 Å². The molecule has 3 rings (SSSR count). The maximum Gasteiger partial charge on any atom is 0.322 e. The minimum absolute atomic E-state index is 0.0313. The molecule has 2 heterocycles. The number of nitrogens with zero attached hydrogens (tertiary/aromatic N) is 1. The predicted octanol–water partition coefficient (Wildman–Crippen LogP) is 3.40. The number of carbonyl (C=O) groups is 1. The number of hydrogen-bond donors (Lipinski definition) is 2. The zero-order valence-corrected chi connectivity index (χ0v) is 12.3. The fourth-order valence-electron chi connectivity index (χ4n) is 2.92. The van der Waals surface area contributed by atoms with E-state index >= 15 is 0 Å². The first kappa shape index (κ1) is 14.7. The Labute approximate surface area is 129 Å². The molecular formula is C17H20N2O3. The van der Waals surface area contributed by atoms with Gasteiger partial charge in [-0.25, -0.2) is 4.79 Å². The molecule has 2 amide bonds. The smallest absolute Gasteiger partial charge is 0.322 e. The van der Waals surface area contributed by atoms with E-state index in [9.17, 15) is 9.90 Å². The van der Waals surface area contributed by atoms with E-state index in [0.717, 1.165) is 18.5 Å². The van der Waals surface area contributed by atoms with E-state index in [4.69, 9.17) is 4.42 Å². The van der Waals surface area contributed by atoms with Crippen molar-refractivity contribution >= 4 is 11.7 Å². The summed E-state index contributed by atoms with van der Waals surface area (Å²) >= 11 is 0. The van der Waals surface area contributed by atoms with Crippen molar-refractivity contribution in [2.45, 2.75) is 31.4 Å². The number of carbonyl (C=O) groups excluding carboxylic acids is 1. The highest BCUT2D eigenvalue weighted by Gasteiger charge is 2.31. The molecule has 0 spiro atoms. The largest absolute Gasteiger partial charge is 0.467 e. The molecule has 0 bridgehead atoms. The van der Waals surface area contributed by atoms with E-state index in [1.165, 1.54) is 0 Å². The Morgan fingerprint density at radius 3 is 2.86 bits per heavy atom. The van der Waals surface area contributed by atoms with Gasteiger partial charge in [-0.1, -0.05) is 18.2 Å². The van der Waals surface area contributed by atoms with Crippen molar-refractivity contribution in [2.24, 2.45) is 0 Å². The summed E-state index contributed by atoms with van der Waals surface area (Å²) in [6.07, 6.45) is 3.23. The molecule has 1 aliphatic heterocycles. The zero-order valence-electron chi connectivity index (χ0n) is 12.3. The molecule has 1 fully saturated rings. The lowest BCUT2D eigenvalue weighted by Gasteiger charge is -2.26. The van der Waals surface area contributed by atoms with Crippen LogP contribution >= 0.6 is 0 Å². The third-order valence-corrected chi connectivity index (χ3v) is 4.03. The third kappa shape index (κ3) is 3.31. The van der Waals surface area contributed by atoms with Gasteiger partial charge in [-0.2, -0.15) is 0 Å². The van der Waals surface area contributed by atoms with Crippen LogP contribution in [0.2, 0.25) is 0 Å². The molecule has 0 radical (unpaired) electrons. The number of hydrogen-bond acceptors (Lipinski definition) is 3. The number of rotatable bonds is 4. The van der Waals surface area contributed by atoms with Crippen molar-refractivity contribution < 1.29 is 14.3 Å². The highest BCUT2D eigenvalue weighted by molar-refractivity contribution is 5.89. The average Bonchev–Trinajstić information content (AvgIpc) is 3.19. The van der Waals surface area contributed by atoms with Crippen LogP contribution in [-0.2, 0) is 0 Å². The van der Waals surface area contributed by atoms with E-state index in [2.05, 4.69) is 5.32 Å². The standard InChI is InChI=1S/C17H20N2O3/c20-15(16-9-5-11-22-16)12-14-8-4-10-19(14)17(21)18-13-6-2-1-3-7-13/h1-3,5-7,9,11,14-15,20H,4,8,10,12H2,(H,18,21)/t14-,15+/m1/s1. The maximum atomic E-state index is 12.4. The number of urea groups is 1. The van der Waals surface area contributed by atoms with Crippen LogP contribution in [0.4, 0.5) is 10.5 Å². The number of nitrogens with one attached hydrogen (secondary N) is 1.